The third-order valence-corrected chi connectivity index (χ3v) is 16.0. The summed E-state index contributed by atoms with van der Waals surface area (Å²) < 4.78 is 6.19. The lowest BCUT2D eigenvalue weighted by Crippen LogP contribution is -2.27. The average Bonchev–Trinajstić information content (AvgIpc) is 4.06. The van der Waals surface area contributed by atoms with Crippen LogP contribution in [0.2, 0.25) is 0 Å². The number of carbonyl (C=O) groups excluding carboxylic acids is 1. The normalized spacial score (nSPS) is 15.6. The molecule has 0 aliphatic heterocycles. The van der Waals surface area contributed by atoms with Gasteiger partial charge in [0.25, 0.3) is 0 Å². The zero-order valence-corrected chi connectivity index (χ0v) is 46.2. The van der Waals surface area contributed by atoms with Crippen molar-refractivity contribution >= 4 is 64.4 Å². The van der Waals surface area contributed by atoms with Gasteiger partial charge in [0.1, 0.15) is 12.4 Å². The van der Waals surface area contributed by atoms with Gasteiger partial charge in [-0.15, -0.1) is 0 Å². The zero-order chi connectivity index (χ0) is 55.4. The predicted molar refractivity (Wildman–Crippen MR) is 332 cm³/mol. The van der Waals surface area contributed by atoms with Gasteiger partial charge < -0.3 is 19.4 Å². The number of carbonyl (C=O) groups is 1. The highest BCUT2D eigenvalue weighted by molar-refractivity contribution is 5.91. The Bertz CT molecular complexity index is 3770. The first-order valence-corrected chi connectivity index (χ1v) is 27.9. The first-order chi connectivity index (χ1) is 39.5. The number of benzene rings is 10. The van der Waals surface area contributed by atoms with E-state index < -0.39 is 5.97 Å². The number of rotatable bonds is 16. The summed E-state index contributed by atoms with van der Waals surface area (Å²) in [5.74, 6) is 0.802. The third-order valence-electron chi connectivity index (χ3n) is 16.0. The second-order valence-corrected chi connectivity index (χ2v) is 22.6. The van der Waals surface area contributed by atoms with Crippen LogP contribution in [0.4, 0.5) is 34.1 Å². The second-order valence-electron chi connectivity index (χ2n) is 22.6. The van der Waals surface area contributed by atoms with Gasteiger partial charge in [0, 0.05) is 39.5 Å². The molecular formula is C75H64N2O4. The molecule has 12 rings (SSSR count). The molecule has 0 amide bonds. The first-order valence-electron chi connectivity index (χ1n) is 27.9. The smallest absolute Gasteiger partial charge is 0.343 e. The van der Waals surface area contributed by atoms with Gasteiger partial charge in [0.05, 0.1) is 5.56 Å². The molecule has 1 unspecified atom stereocenters. The number of nitrogens with zero attached hydrogens (tertiary/aromatic N) is 2. The highest BCUT2D eigenvalue weighted by Gasteiger charge is 2.56. The van der Waals surface area contributed by atoms with E-state index in [-0.39, 0.29) is 16.2 Å². The van der Waals surface area contributed by atoms with Crippen LogP contribution < -0.4 is 19.4 Å². The molecule has 0 saturated heterocycles. The molecule has 0 N–H and O–H groups in total. The molecule has 0 aromatic heterocycles. The van der Waals surface area contributed by atoms with Crippen molar-refractivity contribution in [2.24, 2.45) is 0 Å². The Morgan fingerprint density at radius 2 is 0.741 bits per heavy atom. The molecule has 1 spiro atoms. The van der Waals surface area contributed by atoms with Crippen molar-refractivity contribution in [1.82, 2.24) is 0 Å². The molecule has 0 saturated carbocycles. The Hall–Kier alpha value is -9.49. The molecule has 6 nitrogen and oxygen atoms in total. The fourth-order valence-electron chi connectivity index (χ4n) is 12.3. The Morgan fingerprint density at radius 3 is 1.15 bits per heavy atom. The number of anilines is 6. The molecule has 398 valence electrons. The summed E-state index contributed by atoms with van der Waals surface area (Å²) in [6, 6.07) is 87.4. The Kier molecular flexibility index (Phi) is 14.4. The van der Waals surface area contributed by atoms with Crippen LogP contribution in [0.3, 0.4) is 0 Å². The van der Waals surface area contributed by atoms with Crippen LogP contribution in [0.1, 0.15) is 101 Å². The lowest BCUT2D eigenvalue weighted by molar-refractivity contribution is -0.217. The van der Waals surface area contributed by atoms with Crippen molar-refractivity contribution in [3.8, 4) is 11.5 Å². The Morgan fingerprint density at radius 1 is 0.395 bits per heavy atom. The lowest BCUT2D eigenvalue weighted by Gasteiger charge is -2.30. The molecule has 1 atom stereocenters. The van der Waals surface area contributed by atoms with Crippen molar-refractivity contribution in [3.63, 3.8) is 0 Å². The van der Waals surface area contributed by atoms with Crippen LogP contribution in [0.15, 0.2) is 255 Å². The van der Waals surface area contributed by atoms with Crippen LogP contribution in [-0.4, -0.2) is 5.97 Å². The largest absolute Gasteiger partial charge is 0.423 e. The molecule has 81 heavy (non-hydrogen) atoms. The second kappa shape index (κ2) is 22.3. The van der Waals surface area contributed by atoms with E-state index in [9.17, 15) is 4.79 Å². The quantitative estimate of drug-likeness (QED) is 0.0316. The van der Waals surface area contributed by atoms with Crippen LogP contribution in [0.5, 0.6) is 11.5 Å². The van der Waals surface area contributed by atoms with Crippen LogP contribution in [0.25, 0.3) is 24.3 Å². The number of fused-ring (bicyclic) bond motifs is 4. The zero-order valence-electron chi connectivity index (χ0n) is 46.2. The highest BCUT2D eigenvalue weighted by Crippen LogP contribution is 2.63. The molecule has 0 radical (unpaired) electrons. The molecule has 2 aliphatic rings. The van der Waals surface area contributed by atoms with Gasteiger partial charge >= 0.3 is 5.97 Å². The van der Waals surface area contributed by atoms with Gasteiger partial charge in [0.2, 0.25) is 0 Å². The van der Waals surface area contributed by atoms with Crippen molar-refractivity contribution in [3.05, 3.63) is 310 Å². The maximum Gasteiger partial charge on any atom is 0.343 e. The summed E-state index contributed by atoms with van der Waals surface area (Å²) in [7, 11) is 0. The minimum atomic E-state index is -0.392. The molecular weight excluding hydrogens is 993 g/mol. The fourth-order valence-corrected chi connectivity index (χ4v) is 12.3. The summed E-state index contributed by atoms with van der Waals surface area (Å²) in [4.78, 5) is 30.3. The maximum atomic E-state index is 13.8. The van der Waals surface area contributed by atoms with Crippen LogP contribution in [-0.2, 0) is 27.7 Å². The minimum absolute atomic E-state index is 0.101. The number of esters is 1. The van der Waals surface area contributed by atoms with E-state index in [1.807, 2.05) is 60.7 Å². The van der Waals surface area contributed by atoms with Gasteiger partial charge in [-0.25, -0.2) is 4.79 Å². The maximum absolute atomic E-state index is 13.8. The predicted octanol–water partition coefficient (Wildman–Crippen LogP) is 19.3. The lowest BCUT2D eigenvalue weighted by atomic mass is 9.72. The van der Waals surface area contributed by atoms with Crippen LogP contribution in [0, 0.1) is 0 Å². The van der Waals surface area contributed by atoms with Gasteiger partial charge in [0.15, 0.2) is 5.75 Å². The number of hydrogen-bond donors (Lipinski definition) is 0. The highest BCUT2D eigenvalue weighted by atomic mass is 17.2. The number of para-hydroxylation sites is 4. The molecule has 0 fully saturated rings. The minimum Gasteiger partial charge on any atom is -0.423 e. The average molecular weight is 1060 g/mol. The Balaban J connectivity index is 0.687. The summed E-state index contributed by atoms with van der Waals surface area (Å²) in [6.07, 6.45) is 10.3. The first kappa shape index (κ1) is 52.2. The van der Waals surface area contributed by atoms with E-state index in [4.69, 9.17) is 14.5 Å². The van der Waals surface area contributed by atoms with Gasteiger partial charge in [-0.2, -0.15) is 4.89 Å². The van der Waals surface area contributed by atoms with Crippen molar-refractivity contribution in [2.75, 3.05) is 9.80 Å². The van der Waals surface area contributed by atoms with Crippen molar-refractivity contribution in [2.45, 2.75) is 63.4 Å². The van der Waals surface area contributed by atoms with Gasteiger partial charge in [-0.05, 0) is 183 Å². The molecule has 0 heterocycles. The monoisotopic (exact) mass is 1060 g/mol. The summed E-state index contributed by atoms with van der Waals surface area (Å²) >= 11 is 0. The molecule has 0 bridgehead atoms. The van der Waals surface area contributed by atoms with Crippen molar-refractivity contribution < 1.29 is 19.3 Å². The summed E-state index contributed by atoms with van der Waals surface area (Å²) in [5, 5.41) is 0. The standard InChI is InChI=1S/C75H64N2O4/c1-73(2)52-75(70-49-66(45-47-68(70)73)80-72(78)59-39-33-55(34-40-59)26-28-57-37-43-65(44-38-57)77(62-21-13-7-14-22-62)63-23-15-8-16-24-63)53-74(3,4)69-48-46-67(50-71(69)75)81-79-51-58-31-29-54(30-32-58)25-27-56-35-41-64(42-36-56)76(60-17-9-5-10-18-60)61-19-11-6-12-20-61/h5-50H,51-53H2,1-4H3. The van der Waals surface area contributed by atoms with Gasteiger partial charge in [-0.3, -0.25) is 0 Å². The topological polar surface area (TPSA) is 51.2 Å². The van der Waals surface area contributed by atoms with Crippen molar-refractivity contribution in [1.29, 1.82) is 0 Å². The fraction of sp³-hybridized carbons (Fsp3) is 0.133. The third kappa shape index (κ3) is 11.1. The SMILES string of the molecule is CC1(C)CC2(CC(C)(C)c3ccc(OC(=O)c4ccc(C=Cc5ccc(N(c6ccccc6)c6ccccc6)cc5)cc4)cc32)c2cc(OOCc3ccc(C=Cc4ccc(N(c5ccccc5)c5ccccc5)cc4)cc3)ccc21. The number of ether oxygens (including phenoxy) is 1. The molecule has 10 aromatic rings. The van der Waals surface area contributed by atoms with E-state index in [0.29, 0.717) is 23.7 Å². The van der Waals surface area contributed by atoms with E-state index >= 15 is 0 Å². The molecule has 10 aromatic carbocycles. The van der Waals surface area contributed by atoms with E-state index in [0.717, 1.165) is 74.8 Å². The summed E-state index contributed by atoms with van der Waals surface area (Å²) in [5.41, 5.74) is 16.8. The number of hydrogen-bond acceptors (Lipinski definition) is 6. The van der Waals surface area contributed by atoms with E-state index in [1.54, 1.807) is 0 Å². The molecule has 2 aliphatic carbocycles. The Labute approximate surface area is 476 Å². The van der Waals surface area contributed by atoms with Gasteiger partial charge in [-0.1, -0.05) is 198 Å². The summed E-state index contributed by atoms with van der Waals surface area (Å²) in [6.45, 7) is 9.59. The molecule has 6 heteroatoms. The van der Waals surface area contributed by atoms with Crippen LogP contribution >= 0.6 is 0 Å². The van der Waals surface area contributed by atoms with E-state index in [2.05, 4.69) is 256 Å². The van der Waals surface area contributed by atoms with E-state index in [1.165, 1.54) is 22.3 Å².